The Morgan fingerprint density at radius 3 is 2.50 bits per heavy atom. The first-order chi connectivity index (χ1) is 9.65. The Hall–Kier alpha value is -0.970. The molecule has 1 rings (SSSR count). The molecule has 5 heteroatoms. The molecule has 0 atom stereocenters. The fraction of sp³-hybridized carbons (Fsp3) is 0.600. The molecule has 20 heavy (non-hydrogen) atoms. The van der Waals surface area contributed by atoms with Crippen LogP contribution < -0.4 is 15.2 Å². The van der Waals surface area contributed by atoms with Gasteiger partial charge in [0.1, 0.15) is 6.61 Å². The lowest BCUT2D eigenvalue weighted by molar-refractivity contribution is 0.216. The summed E-state index contributed by atoms with van der Waals surface area (Å²) in [4.78, 5) is 2.31. The van der Waals surface area contributed by atoms with E-state index in [1.165, 1.54) is 0 Å². The molecule has 0 fully saturated rings. The number of halogens is 1. The summed E-state index contributed by atoms with van der Waals surface area (Å²) in [5.74, 6) is 1.43. The van der Waals surface area contributed by atoms with Crippen LogP contribution in [0.1, 0.15) is 19.4 Å². The van der Waals surface area contributed by atoms with Gasteiger partial charge >= 0.3 is 0 Å². The molecule has 0 aromatic heterocycles. The SMILES string of the molecule is CCN(CC)CCOc1c(CCN)cc(Cl)cc1OC. The van der Waals surface area contributed by atoms with Crippen molar-refractivity contribution in [3.63, 3.8) is 0 Å². The van der Waals surface area contributed by atoms with Crippen LogP contribution in [0.25, 0.3) is 0 Å². The number of benzene rings is 1. The van der Waals surface area contributed by atoms with E-state index in [0.29, 0.717) is 23.9 Å². The molecule has 0 saturated heterocycles. The number of ether oxygens (including phenoxy) is 2. The van der Waals surface area contributed by atoms with Crippen LogP contribution in [0.3, 0.4) is 0 Å². The maximum Gasteiger partial charge on any atom is 0.164 e. The summed E-state index contributed by atoms with van der Waals surface area (Å²) < 4.78 is 11.3. The lowest BCUT2D eigenvalue weighted by Gasteiger charge is -2.20. The normalized spacial score (nSPS) is 10.9. The third-order valence-corrected chi connectivity index (χ3v) is 3.50. The second kappa shape index (κ2) is 9.06. The smallest absolute Gasteiger partial charge is 0.164 e. The van der Waals surface area contributed by atoms with Crippen LogP contribution in [0.15, 0.2) is 12.1 Å². The molecular formula is C15H25ClN2O2. The topological polar surface area (TPSA) is 47.7 Å². The number of nitrogens with zero attached hydrogens (tertiary/aromatic N) is 1. The number of methoxy groups -OCH3 is 1. The van der Waals surface area contributed by atoms with Gasteiger partial charge < -0.3 is 20.1 Å². The number of hydrogen-bond donors (Lipinski definition) is 1. The molecule has 0 aliphatic carbocycles. The van der Waals surface area contributed by atoms with Crippen molar-refractivity contribution in [1.82, 2.24) is 4.90 Å². The molecule has 4 nitrogen and oxygen atoms in total. The second-order valence-electron chi connectivity index (χ2n) is 4.51. The van der Waals surface area contributed by atoms with Gasteiger partial charge in [0.05, 0.1) is 7.11 Å². The van der Waals surface area contributed by atoms with Crippen LogP contribution in [-0.2, 0) is 6.42 Å². The minimum atomic E-state index is 0.551. The van der Waals surface area contributed by atoms with E-state index in [0.717, 1.165) is 37.4 Å². The third-order valence-electron chi connectivity index (χ3n) is 3.28. The molecule has 0 aliphatic heterocycles. The average molecular weight is 301 g/mol. The van der Waals surface area contributed by atoms with Crippen molar-refractivity contribution < 1.29 is 9.47 Å². The predicted molar refractivity (Wildman–Crippen MR) is 84.0 cm³/mol. The van der Waals surface area contributed by atoms with Gasteiger partial charge in [-0.3, -0.25) is 0 Å². The first-order valence-corrected chi connectivity index (χ1v) is 7.45. The first-order valence-electron chi connectivity index (χ1n) is 7.07. The van der Waals surface area contributed by atoms with Crippen molar-refractivity contribution >= 4 is 11.6 Å². The summed E-state index contributed by atoms with van der Waals surface area (Å²) in [5.41, 5.74) is 6.64. The summed E-state index contributed by atoms with van der Waals surface area (Å²) in [7, 11) is 1.62. The van der Waals surface area contributed by atoms with E-state index in [1.807, 2.05) is 6.07 Å². The maximum atomic E-state index is 6.08. The Bertz CT molecular complexity index is 409. The fourth-order valence-corrected chi connectivity index (χ4v) is 2.33. The zero-order valence-corrected chi connectivity index (χ0v) is 13.4. The van der Waals surface area contributed by atoms with Crippen LogP contribution >= 0.6 is 11.6 Å². The standard InChI is InChI=1S/C15H25ClN2O2/c1-4-18(5-2)8-9-20-15-12(6-7-17)10-13(16)11-14(15)19-3/h10-11H,4-9,17H2,1-3H3. The van der Waals surface area contributed by atoms with Gasteiger partial charge in [-0.15, -0.1) is 0 Å². The molecule has 0 unspecified atom stereocenters. The van der Waals surface area contributed by atoms with E-state index in [9.17, 15) is 0 Å². The molecule has 2 N–H and O–H groups in total. The fourth-order valence-electron chi connectivity index (χ4n) is 2.10. The molecule has 0 heterocycles. The summed E-state index contributed by atoms with van der Waals surface area (Å²) >= 11 is 6.08. The Morgan fingerprint density at radius 2 is 1.95 bits per heavy atom. The highest BCUT2D eigenvalue weighted by molar-refractivity contribution is 6.30. The van der Waals surface area contributed by atoms with Gasteiger partial charge in [-0.2, -0.15) is 0 Å². The number of nitrogens with two attached hydrogens (primary N) is 1. The molecular weight excluding hydrogens is 276 g/mol. The van der Waals surface area contributed by atoms with Gasteiger partial charge in [0, 0.05) is 23.2 Å². The third kappa shape index (κ3) is 4.85. The summed E-state index contributed by atoms with van der Waals surface area (Å²) in [6.45, 7) is 8.40. The van der Waals surface area contributed by atoms with Crippen LogP contribution in [0.2, 0.25) is 5.02 Å². The van der Waals surface area contributed by atoms with Gasteiger partial charge in [-0.1, -0.05) is 25.4 Å². The van der Waals surface area contributed by atoms with E-state index < -0.39 is 0 Å². The molecule has 114 valence electrons. The molecule has 0 radical (unpaired) electrons. The number of rotatable bonds is 9. The highest BCUT2D eigenvalue weighted by Gasteiger charge is 2.13. The minimum Gasteiger partial charge on any atom is -0.493 e. The largest absolute Gasteiger partial charge is 0.493 e. The van der Waals surface area contributed by atoms with E-state index in [4.69, 9.17) is 26.8 Å². The monoisotopic (exact) mass is 300 g/mol. The Balaban J connectivity index is 2.80. The molecule has 1 aromatic carbocycles. The number of hydrogen-bond acceptors (Lipinski definition) is 4. The van der Waals surface area contributed by atoms with Gasteiger partial charge in [0.15, 0.2) is 11.5 Å². The Morgan fingerprint density at radius 1 is 1.25 bits per heavy atom. The molecule has 0 amide bonds. The molecule has 0 spiro atoms. The predicted octanol–water partition coefficient (Wildman–Crippen LogP) is 2.57. The zero-order chi connectivity index (χ0) is 15.0. The second-order valence-corrected chi connectivity index (χ2v) is 4.95. The van der Waals surface area contributed by atoms with Crippen molar-refractivity contribution in [2.45, 2.75) is 20.3 Å². The van der Waals surface area contributed by atoms with E-state index >= 15 is 0 Å². The van der Waals surface area contributed by atoms with Crippen molar-refractivity contribution in [2.75, 3.05) is 39.9 Å². The van der Waals surface area contributed by atoms with Crippen molar-refractivity contribution in [3.05, 3.63) is 22.7 Å². The Kier molecular flexibility index (Phi) is 7.73. The molecule has 1 aromatic rings. The van der Waals surface area contributed by atoms with Crippen LogP contribution in [0, 0.1) is 0 Å². The van der Waals surface area contributed by atoms with Crippen LogP contribution in [0.4, 0.5) is 0 Å². The van der Waals surface area contributed by atoms with E-state index in [2.05, 4.69) is 18.7 Å². The quantitative estimate of drug-likeness (QED) is 0.761. The molecule has 0 saturated carbocycles. The highest BCUT2D eigenvalue weighted by Crippen LogP contribution is 2.34. The molecule has 0 aliphatic rings. The highest BCUT2D eigenvalue weighted by atomic mass is 35.5. The molecule has 0 bridgehead atoms. The van der Waals surface area contributed by atoms with Gasteiger partial charge in [0.2, 0.25) is 0 Å². The van der Waals surface area contributed by atoms with Crippen molar-refractivity contribution in [2.24, 2.45) is 5.73 Å². The van der Waals surface area contributed by atoms with Gasteiger partial charge in [-0.25, -0.2) is 0 Å². The average Bonchev–Trinajstić information content (AvgIpc) is 2.45. The summed E-state index contributed by atoms with van der Waals surface area (Å²) in [6.07, 6.45) is 0.720. The minimum absolute atomic E-state index is 0.551. The van der Waals surface area contributed by atoms with E-state index in [1.54, 1.807) is 13.2 Å². The Labute approximate surface area is 126 Å². The lowest BCUT2D eigenvalue weighted by atomic mass is 10.1. The number of likely N-dealkylation sites (N-methyl/N-ethyl adjacent to an activating group) is 1. The lowest BCUT2D eigenvalue weighted by Crippen LogP contribution is -2.28. The van der Waals surface area contributed by atoms with Crippen molar-refractivity contribution in [3.8, 4) is 11.5 Å². The van der Waals surface area contributed by atoms with Gasteiger partial charge in [-0.05, 0) is 32.1 Å². The van der Waals surface area contributed by atoms with Crippen molar-refractivity contribution in [1.29, 1.82) is 0 Å². The van der Waals surface area contributed by atoms with Crippen LogP contribution in [-0.4, -0.2) is 44.8 Å². The van der Waals surface area contributed by atoms with Gasteiger partial charge in [0.25, 0.3) is 0 Å². The summed E-state index contributed by atoms with van der Waals surface area (Å²) in [5, 5.41) is 0.640. The maximum absolute atomic E-state index is 6.08. The summed E-state index contributed by atoms with van der Waals surface area (Å²) in [6, 6.07) is 3.66. The first kappa shape index (κ1) is 17.1. The van der Waals surface area contributed by atoms with E-state index in [-0.39, 0.29) is 0 Å². The van der Waals surface area contributed by atoms with Crippen LogP contribution in [0.5, 0.6) is 11.5 Å². The zero-order valence-electron chi connectivity index (χ0n) is 12.6.